The number of aliphatic hydroxyl groups excluding tert-OH is 1. The lowest BCUT2D eigenvalue weighted by Gasteiger charge is -2.37. The molecule has 5 nitrogen and oxygen atoms in total. The van der Waals surface area contributed by atoms with Crippen molar-refractivity contribution in [1.82, 2.24) is 10.2 Å². The summed E-state index contributed by atoms with van der Waals surface area (Å²) in [6.45, 7) is 11.4. The number of amides is 1. The maximum Gasteiger partial charge on any atom is 0.410 e. The van der Waals surface area contributed by atoms with E-state index < -0.39 is 5.60 Å². The summed E-state index contributed by atoms with van der Waals surface area (Å²) in [4.78, 5) is 13.9. The van der Waals surface area contributed by atoms with Gasteiger partial charge < -0.3 is 20.1 Å². The quantitative estimate of drug-likeness (QED) is 0.829. The Balaban J connectivity index is 2.51. The average Bonchev–Trinajstić information content (AvgIpc) is 2.36. The van der Waals surface area contributed by atoms with Gasteiger partial charge in [-0.3, -0.25) is 0 Å². The monoisotopic (exact) mass is 286 g/mol. The predicted molar refractivity (Wildman–Crippen MR) is 79.7 cm³/mol. The van der Waals surface area contributed by atoms with Crippen molar-refractivity contribution in [3.05, 3.63) is 0 Å². The Hall–Kier alpha value is -0.810. The van der Waals surface area contributed by atoms with Gasteiger partial charge in [0, 0.05) is 25.2 Å². The maximum atomic E-state index is 12.1. The molecule has 5 heteroatoms. The van der Waals surface area contributed by atoms with Crippen LogP contribution in [0.3, 0.4) is 0 Å². The van der Waals surface area contributed by atoms with E-state index in [4.69, 9.17) is 9.84 Å². The van der Waals surface area contributed by atoms with Crippen LogP contribution in [0.2, 0.25) is 0 Å². The first-order chi connectivity index (χ1) is 9.23. The summed E-state index contributed by atoms with van der Waals surface area (Å²) in [5, 5.41) is 12.5. The molecule has 0 spiro atoms. The van der Waals surface area contributed by atoms with Crippen molar-refractivity contribution in [2.75, 3.05) is 19.7 Å². The number of aliphatic hydroxyl groups is 1. The molecule has 3 atom stereocenters. The van der Waals surface area contributed by atoms with Gasteiger partial charge in [-0.1, -0.05) is 0 Å². The minimum Gasteiger partial charge on any atom is -0.444 e. The number of carbonyl (C=O) groups is 1. The number of rotatable bonds is 4. The molecule has 0 aromatic carbocycles. The third-order valence-electron chi connectivity index (χ3n) is 3.64. The SMILES string of the molecule is CC(N[C@H](C)CO)C1CCCN(C(=O)OC(C)(C)C)C1. The summed E-state index contributed by atoms with van der Waals surface area (Å²) >= 11 is 0. The molecule has 1 aliphatic heterocycles. The molecule has 1 heterocycles. The highest BCUT2D eigenvalue weighted by Crippen LogP contribution is 2.22. The lowest BCUT2D eigenvalue weighted by Crippen LogP contribution is -2.49. The number of nitrogens with zero attached hydrogens (tertiary/aromatic N) is 1. The largest absolute Gasteiger partial charge is 0.444 e. The smallest absolute Gasteiger partial charge is 0.410 e. The van der Waals surface area contributed by atoms with E-state index in [0.29, 0.717) is 5.92 Å². The van der Waals surface area contributed by atoms with Gasteiger partial charge >= 0.3 is 6.09 Å². The molecule has 2 unspecified atom stereocenters. The van der Waals surface area contributed by atoms with Gasteiger partial charge in [0.05, 0.1) is 6.61 Å². The first-order valence-electron chi connectivity index (χ1n) is 7.57. The summed E-state index contributed by atoms with van der Waals surface area (Å²) in [6.07, 6.45) is 1.89. The van der Waals surface area contributed by atoms with E-state index in [0.717, 1.165) is 25.9 Å². The first kappa shape index (κ1) is 17.2. The third kappa shape index (κ3) is 5.67. The topological polar surface area (TPSA) is 61.8 Å². The summed E-state index contributed by atoms with van der Waals surface area (Å²) in [7, 11) is 0. The Morgan fingerprint density at radius 2 is 2.10 bits per heavy atom. The van der Waals surface area contributed by atoms with Gasteiger partial charge in [-0.2, -0.15) is 0 Å². The third-order valence-corrected chi connectivity index (χ3v) is 3.64. The molecule has 0 aromatic rings. The number of hydrogen-bond acceptors (Lipinski definition) is 4. The number of hydrogen-bond donors (Lipinski definition) is 2. The van der Waals surface area contributed by atoms with Crippen LogP contribution in [-0.4, -0.2) is 53.5 Å². The van der Waals surface area contributed by atoms with Crippen LogP contribution >= 0.6 is 0 Å². The number of nitrogens with one attached hydrogen (secondary N) is 1. The molecule has 0 aromatic heterocycles. The van der Waals surface area contributed by atoms with E-state index in [1.165, 1.54) is 0 Å². The Morgan fingerprint density at radius 3 is 2.65 bits per heavy atom. The van der Waals surface area contributed by atoms with Crippen molar-refractivity contribution in [2.45, 2.75) is 65.1 Å². The average molecular weight is 286 g/mol. The zero-order chi connectivity index (χ0) is 15.3. The summed E-state index contributed by atoms with van der Waals surface area (Å²) in [5.41, 5.74) is -0.445. The number of ether oxygens (including phenoxy) is 1. The van der Waals surface area contributed by atoms with E-state index in [9.17, 15) is 4.79 Å². The van der Waals surface area contributed by atoms with E-state index in [2.05, 4.69) is 12.2 Å². The Labute approximate surface area is 122 Å². The normalized spacial score (nSPS) is 23.3. The molecular formula is C15H30N2O3. The van der Waals surface area contributed by atoms with Gasteiger partial charge in [0.15, 0.2) is 0 Å². The molecule has 1 fully saturated rings. The summed E-state index contributed by atoms with van der Waals surface area (Å²) < 4.78 is 5.43. The number of piperidine rings is 1. The van der Waals surface area contributed by atoms with Gasteiger partial charge in [-0.05, 0) is 53.4 Å². The van der Waals surface area contributed by atoms with Crippen LogP contribution in [0.1, 0.15) is 47.5 Å². The Bertz CT molecular complexity index is 315. The van der Waals surface area contributed by atoms with E-state index in [-0.39, 0.29) is 24.8 Å². The second kappa shape index (κ2) is 7.27. The molecule has 2 N–H and O–H groups in total. The number of likely N-dealkylation sites (tertiary alicyclic amines) is 1. The molecule has 1 amide bonds. The molecule has 0 bridgehead atoms. The first-order valence-corrected chi connectivity index (χ1v) is 7.57. The van der Waals surface area contributed by atoms with E-state index in [1.807, 2.05) is 27.7 Å². The van der Waals surface area contributed by atoms with Crippen LogP contribution in [0.15, 0.2) is 0 Å². The fourth-order valence-electron chi connectivity index (χ4n) is 2.55. The van der Waals surface area contributed by atoms with Crippen LogP contribution in [-0.2, 0) is 4.74 Å². The van der Waals surface area contributed by atoms with E-state index >= 15 is 0 Å². The molecule has 118 valence electrons. The molecular weight excluding hydrogens is 256 g/mol. The molecule has 1 saturated heterocycles. The zero-order valence-electron chi connectivity index (χ0n) is 13.5. The van der Waals surface area contributed by atoms with Crippen LogP contribution in [0, 0.1) is 5.92 Å². The summed E-state index contributed by atoms with van der Waals surface area (Å²) in [6, 6.07) is 0.365. The number of carbonyl (C=O) groups excluding carboxylic acids is 1. The second-order valence-electron chi connectivity index (χ2n) is 6.87. The maximum absolute atomic E-state index is 12.1. The van der Waals surface area contributed by atoms with Crippen molar-refractivity contribution in [3.63, 3.8) is 0 Å². The Kier molecular flexibility index (Phi) is 6.27. The minimum atomic E-state index is -0.445. The van der Waals surface area contributed by atoms with Crippen molar-refractivity contribution in [1.29, 1.82) is 0 Å². The molecule has 1 rings (SSSR count). The van der Waals surface area contributed by atoms with Crippen LogP contribution < -0.4 is 5.32 Å². The molecule has 1 aliphatic rings. The highest BCUT2D eigenvalue weighted by atomic mass is 16.6. The molecule has 0 radical (unpaired) electrons. The second-order valence-corrected chi connectivity index (χ2v) is 6.87. The highest BCUT2D eigenvalue weighted by Gasteiger charge is 2.30. The van der Waals surface area contributed by atoms with E-state index in [1.54, 1.807) is 4.90 Å². The van der Waals surface area contributed by atoms with Crippen molar-refractivity contribution in [2.24, 2.45) is 5.92 Å². The van der Waals surface area contributed by atoms with Crippen LogP contribution in [0.25, 0.3) is 0 Å². The fourth-order valence-corrected chi connectivity index (χ4v) is 2.55. The van der Waals surface area contributed by atoms with Crippen molar-refractivity contribution in [3.8, 4) is 0 Å². The van der Waals surface area contributed by atoms with Gasteiger partial charge in [0.2, 0.25) is 0 Å². The van der Waals surface area contributed by atoms with Gasteiger partial charge in [0.1, 0.15) is 5.60 Å². The van der Waals surface area contributed by atoms with Crippen LogP contribution in [0.4, 0.5) is 4.79 Å². The van der Waals surface area contributed by atoms with Crippen LogP contribution in [0.5, 0.6) is 0 Å². The molecule has 0 saturated carbocycles. The lowest BCUT2D eigenvalue weighted by atomic mass is 9.91. The minimum absolute atomic E-state index is 0.0851. The highest BCUT2D eigenvalue weighted by molar-refractivity contribution is 5.68. The summed E-state index contributed by atoms with van der Waals surface area (Å²) in [5.74, 6) is 0.408. The molecule has 0 aliphatic carbocycles. The Morgan fingerprint density at radius 1 is 1.45 bits per heavy atom. The van der Waals surface area contributed by atoms with Gasteiger partial charge in [-0.25, -0.2) is 4.79 Å². The van der Waals surface area contributed by atoms with Crippen molar-refractivity contribution < 1.29 is 14.6 Å². The lowest BCUT2D eigenvalue weighted by molar-refractivity contribution is 0.0144. The standard InChI is InChI=1S/C15H30N2O3/c1-11(10-18)16-12(2)13-7-6-8-17(9-13)14(19)20-15(3,4)5/h11-13,16,18H,6-10H2,1-5H3/t11-,12?,13?/m1/s1. The zero-order valence-corrected chi connectivity index (χ0v) is 13.5. The molecule has 20 heavy (non-hydrogen) atoms. The fraction of sp³-hybridized carbons (Fsp3) is 0.933. The van der Waals surface area contributed by atoms with Crippen molar-refractivity contribution >= 4 is 6.09 Å². The predicted octanol–water partition coefficient (Wildman–Crippen LogP) is 1.99. The van der Waals surface area contributed by atoms with Gasteiger partial charge in [0.25, 0.3) is 0 Å². The van der Waals surface area contributed by atoms with Gasteiger partial charge in [-0.15, -0.1) is 0 Å².